The third-order valence-electron chi connectivity index (χ3n) is 2.99. The SMILES string of the molecule is Cc1cc(OCc2cc(C(=O)O)c(C)o2)cc(C)c1Cl. The van der Waals surface area contributed by atoms with Crippen molar-refractivity contribution >= 4 is 17.6 Å². The summed E-state index contributed by atoms with van der Waals surface area (Å²) in [5, 5.41) is 9.67. The molecule has 0 unspecified atom stereocenters. The van der Waals surface area contributed by atoms with E-state index in [4.69, 9.17) is 25.9 Å². The second-order valence-corrected chi connectivity index (χ2v) is 5.03. The van der Waals surface area contributed by atoms with E-state index in [0.717, 1.165) is 16.1 Å². The number of ether oxygens (including phenoxy) is 1. The van der Waals surface area contributed by atoms with Gasteiger partial charge in [0.1, 0.15) is 29.4 Å². The molecule has 0 saturated carbocycles. The van der Waals surface area contributed by atoms with Crippen LogP contribution in [0.1, 0.15) is 33.0 Å². The van der Waals surface area contributed by atoms with Crippen LogP contribution in [0.15, 0.2) is 22.6 Å². The third-order valence-corrected chi connectivity index (χ3v) is 3.59. The van der Waals surface area contributed by atoms with Crippen molar-refractivity contribution in [1.29, 1.82) is 0 Å². The smallest absolute Gasteiger partial charge is 0.339 e. The summed E-state index contributed by atoms with van der Waals surface area (Å²) in [5.41, 5.74) is 2.03. The first-order valence-corrected chi connectivity index (χ1v) is 6.48. The Morgan fingerprint density at radius 1 is 1.25 bits per heavy atom. The topological polar surface area (TPSA) is 59.7 Å². The summed E-state index contributed by atoms with van der Waals surface area (Å²) in [4.78, 5) is 10.9. The number of furan rings is 1. The Morgan fingerprint density at radius 3 is 2.35 bits per heavy atom. The summed E-state index contributed by atoms with van der Waals surface area (Å²) in [5.74, 6) is 0.524. The Hall–Kier alpha value is -1.94. The number of aromatic carboxylic acids is 1. The van der Waals surface area contributed by atoms with Gasteiger partial charge in [-0.25, -0.2) is 4.79 Å². The number of hydrogen-bond acceptors (Lipinski definition) is 3. The predicted octanol–water partition coefficient (Wildman–Crippen LogP) is 4.14. The number of benzene rings is 1. The number of carboxylic acid groups (broad SMARTS) is 1. The van der Waals surface area contributed by atoms with Crippen molar-refractivity contribution in [2.24, 2.45) is 0 Å². The van der Waals surface area contributed by atoms with Gasteiger partial charge in [0.2, 0.25) is 0 Å². The highest BCUT2D eigenvalue weighted by atomic mass is 35.5. The summed E-state index contributed by atoms with van der Waals surface area (Å²) < 4.78 is 11.0. The lowest BCUT2D eigenvalue weighted by molar-refractivity contribution is 0.0695. The van der Waals surface area contributed by atoms with E-state index < -0.39 is 5.97 Å². The van der Waals surface area contributed by atoms with Gasteiger partial charge in [-0.1, -0.05) is 11.6 Å². The van der Waals surface area contributed by atoms with Crippen LogP contribution >= 0.6 is 11.6 Å². The van der Waals surface area contributed by atoms with Crippen molar-refractivity contribution in [3.8, 4) is 5.75 Å². The molecule has 0 spiro atoms. The van der Waals surface area contributed by atoms with Crippen molar-refractivity contribution in [2.45, 2.75) is 27.4 Å². The summed E-state index contributed by atoms with van der Waals surface area (Å²) in [6.07, 6.45) is 0. The molecule has 1 aromatic heterocycles. The molecule has 2 aromatic rings. The largest absolute Gasteiger partial charge is 0.486 e. The van der Waals surface area contributed by atoms with Crippen molar-refractivity contribution in [2.75, 3.05) is 0 Å². The zero-order valence-corrected chi connectivity index (χ0v) is 12.2. The van der Waals surface area contributed by atoms with Gasteiger partial charge in [-0.3, -0.25) is 0 Å². The molecule has 4 nitrogen and oxygen atoms in total. The van der Waals surface area contributed by atoms with Gasteiger partial charge in [-0.15, -0.1) is 0 Å². The fourth-order valence-corrected chi connectivity index (χ4v) is 2.08. The van der Waals surface area contributed by atoms with E-state index in [1.807, 2.05) is 26.0 Å². The molecule has 2 rings (SSSR count). The Balaban J connectivity index is 2.13. The Kier molecular flexibility index (Phi) is 4.04. The second-order valence-electron chi connectivity index (χ2n) is 4.65. The maximum Gasteiger partial charge on any atom is 0.339 e. The van der Waals surface area contributed by atoms with Crippen LogP contribution in [0.25, 0.3) is 0 Å². The zero-order valence-electron chi connectivity index (χ0n) is 11.5. The lowest BCUT2D eigenvalue weighted by atomic mass is 10.1. The number of halogens is 1. The van der Waals surface area contributed by atoms with E-state index in [1.54, 1.807) is 6.92 Å². The molecule has 0 amide bonds. The van der Waals surface area contributed by atoms with Crippen LogP contribution in [0.4, 0.5) is 0 Å². The molecule has 5 heteroatoms. The van der Waals surface area contributed by atoms with Gasteiger partial charge >= 0.3 is 5.97 Å². The molecule has 0 fully saturated rings. The van der Waals surface area contributed by atoms with Crippen LogP contribution < -0.4 is 4.74 Å². The number of carboxylic acids is 1. The van der Waals surface area contributed by atoms with Gasteiger partial charge in [-0.2, -0.15) is 0 Å². The maximum atomic E-state index is 10.9. The number of hydrogen-bond donors (Lipinski definition) is 1. The number of aryl methyl sites for hydroxylation is 3. The van der Waals surface area contributed by atoms with Gasteiger partial charge < -0.3 is 14.3 Å². The van der Waals surface area contributed by atoms with Crippen LogP contribution in [0.3, 0.4) is 0 Å². The third kappa shape index (κ3) is 2.96. The molecular formula is C15H15ClO4. The molecule has 106 valence electrons. The Labute approximate surface area is 121 Å². The van der Waals surface area contributed by atoms with Crippen LogP contribution in [0, 0.1) is 20.8 Å². The lowest BCUT2D eigenvalue weighted by Crippen LogP contribution is -1.96. The molecule has 20 heavy (non-hydrogen) atoms. The monoisotopic (exact) mass is 294 g/mol. The first kappa shape index (κ1) is 14.5. The minimum absolute atomic E-state index is 0.159. The van der Waals surface area contributed by atoms with Crippen LogP contribution in [0.5, 0.6) is 5.75 Å². The van der Waals surface area contributed by atoms with Gasteiger partial charge in [0.05, 0.1) is 0 Å². The van der Waals surface area contributed by atoms with E-state index in [9.17, 15) is 4.79 Å². The van der Waals surface area contributed by atoms with E-state index >= 15 is 0 Å². The molecule has 1 N–H and O–H groups in total. The summed E-state index contributed by atoms with van der Waals surface area (Å²) in [6, 6.07) is 5.15. The maximum absolute atomic E-state index is 10.9. The molecule has 0 saturated heterocycles. The van der Waals surface area contributed by atoms with Crippen LogP contribution in [0.2, 0.25) is 5.02 Å². The standard InChI is InChI=1S/C15H15ClO4/c1-8-4-11(5-9(2)14(8)16)19-7-12-6-13(15(17)18)10(3)20-12/h4-6H,7H2,1-3H3,(H,17,18). The van der Waals surface area contributed by atoms with Gasteiger partial charge in [-0.05, 0) is 50.1 Å². The molecule has 0 aliphatic rings. The normalized spacial score (nSPS) is 10.6. The first-order chi connectivity index (χ1) is 9.38. The van der Waals surface area contributed by atoms with Crippen LogP contribution in [-0.2, 0) is 6.61 Å². The number of carbonyl (C=O) groups is 1. The quantitative estimate of drug-likeness (QED) is 0.921. The number of rotatable bonds is 4. The minimum atomic E-state index is -1.00. The molecule has 0 aliphatic carbocycles. The average Bonchev–Trinajstić information content (AvgIpc) is 2.75. The Bertz CT molecular complexity index is 635. The molecular weight excluding hydrogens is 280 g/mol. The van der Waals surface area contributed by atoms with Crippen molar-refractivity contribution in [1.82, 2.24) is 0 Å². The molecule has 1 heterocycles. The highest BCUT2D eigenvalue weighted by Gasteiger charge is 2.14. The Morgan fingerprint density at radius 2 is 1.85 bits per heavy atom. The van der Waals surface area contributed by atoms with E-state index in [-0.39, 0.29) is 12.2 Å². The first-order valence-electron chi connectivity index (χ1n) is 6.10. The highest BCUT2D eigenvalue weighted by Crippen LogP contribution is 2.26. The fraction of sp³-hybridized carbons (Fsp3) is 0.267. The summed E-state index contributed by atoms with van der Waals surface area (Å²) in [6.45, 7) is 5.60. The zero-order chi connectivity index (χ0) is 14.9. The summed E-state index contributed by atoms with van der Waals surface area (Å²) in [7, 11) is 0. The van der Waals surface area contributed by atoms with Gasteiger partial charge in [0.15, 0.2) is 0 Å². The van der Waals surface area contributed by atoms with Crippen LogP contribution in [-0.4, -0.2) is 11.1 Å². The van der Waals surface area contributed by atoms with Gasteiger partial charge in [0, 0.05) is 5.02 Å². The average molecular weight is 295 g/mol. The van der Waals surface area contributed by atoms with Crippen molar-refractivity contribution in [3.05, 3.63) is 51.4 Å². The molecule has 0 atom stereocenters. The minimum Gasteiger partial charge on any atom is -0.486 e. The van der Waals surface area contributed by atoms with Gasteiger partial charge in [0.25, 0.3) is 0 Å². The van der Waals surface area contributed by atoms with Crippen molar-refractivity contribution in [3.63, 3.8) is 0 Å². The van der Waals surface area contributed by atoms with Crippen molar-refractivity contribution < 1.29 is 19.1 Å². The molecule has 0 radical (unpaired) electrons. The fourth-order valence-electron chi connectivity index (χ4n) is 1.97. The second kappa shape index (κ2) is 5.59. The lowest BCUT2D eigenvalue weighted by Gasteiger charge is -2.08. The molecule has 0 aliphatic heterocycles. The van der Waals surface area contributed by atoms with E-state index in [2.05, 4.69) is 0 Å². The molecule has 1 aromatic carbocycles. The van der Waals surface area contributed by atoms with E-state index in [1.165, 1.54) is 6.07 Å². The summed E-state index contributed by atoms with van der Waals surface area (Å²) >= 11 is 6.09. The van der Waals surface area contributed by atoms with E-state index in [0.29, 0.717) is 17.3 Å². The predicted molar refractivity (Wildman–Crippen MR) is 75.7 cm³/mol. The highest BCUT2D eigenvalue weighted by molar-refractivity contribution is 6.32. The molecule has 0 bridgehead atoms.